The molecular formula is C23H33ClN4O4. The third-order valence-electron chi connectivity index (χ3n) is 5.93. The molecule has 1 saturated carbocycles. The molecule has 1 aromatic heterocycles. The molecule has 2 unspecified atom stereocenters. The second kappa shape index (κ2) is 11.1. The first-order valence-electron chi connectivity index (χ1n) is 11.2. The van der Waals surface area contributed by atoms with Crippen molar-refractivity contribution in [3.05, 3.63) is 51.7 Å². The van der Waals surface area contributed by atoms with Crippen molar-refractivity contribution in [2.75, 3.05) is 20.6 Å². The van der Waals surface area contributed by atoms with Gasteiger partial charge in [0.15, 0.2) is 0 Å². The molecule has 2 atom stereocenters. The van der Waals surface area contributed by atoms with Gasteiger partial charge < -0.3 is 20.4 Å². The SMILES string of the molecule is CN(C)CC(O)Cn1ccn(-c2ccc(Cl)c(C(=O)NC(O)C3CCCCCC3)c2)c1=O. The van der Waals surface area contributed by atoms with Crippen molar-refractivity contribution in [1.29, 1.82) is 0 Å². The lowest BCUT2D eigenvalue weighted by atomic mass is 9.98. The number of aliphatic hydroxyl groups excluding tert-OH is 2. The Morgan fingerprint density at radius 2 is 1.88 bits per heavy atom. The second-order valence-corrected chi connectivity index (χ2v) is 9.26. The summed E-state index contributed by atoms with van der Waals surface area (Å²) < 4.78 is 2.83. The maximum atomic E-state index is 12.8. The fraction of sp³-hybridized carbons (Fsp3) is 0.565. The normalized spacial score (nSPS) is 17.2. The van der Waals surface area contributed by atoms with Gasteiger partial charge in [-0.05, 0) is 45.1 Å². The predicted molar refractivity (Wildman–Crippen MR) is 124 cm³/mol. The van der Waals surface area contributed by atoms with E-state index in [1.807, 2.05) is 19.0 Å². The number of hydrogen-bond acceptors (Lipinski definition) is 5. The number of likely N-dealkylation sites (N-methyl/N-ethyl adjacent to an activating group) is 1. The average molecular weight is 465 g/mol. The van der Waals surface area contributed by atoms with Gasteiger partial charge in [0, 0.05) is 24.9 Å². The Bertz CT molecular complexity index is 963. The number of hydrogen-bond donors (Lipinski definition) is 3. The minimum Gasteiger partial charge on any atom is -0.390 e. The van der Waals surface area contributed by atoms with Gasteiger partial charge in [0.25, 0.3) is 5.91 Å². The van der Waals surface area contributed by atoms with Crippen molar-refractivity contribution < 1.29 is 15.0 Å². The van der Waals surface area contributed by atoms with Crippen LogP contribution in [0, 0.1) is 5.92 Å². The van der Waals surface area contributed by atoms with E-state index in [9.17, 15) is 19.8 Å². The lowest BCUT2D eigenvalue weighted by Gasteiger charge is -2.22. The number of aliphatic hydroxyl groups is 2. The van der Waals surface area contributed by atoms with Gasteiger partial charge in [-0.25, -0.2) is 4.79 Å². The fourth-order valence-electron chi connectivity index (χ4n) is 4.25. The molecule has 32 heavy (non-hydrogen) atoms. The monoisotopic (exact) mass is 464 g/mol. The molecule has 1 heterocycles. The smallest absolute Gasteiger partial charge is 0.332 e. The van der Waals surface area contributed by atoms with E-state index in [0.717, 1.165) is 38.5 Å². The number of carbonyl (C=O) groups excluding carboxylic acids is 1. The van der Waals surface area contributed by atoms with Crippen LogP contribution in [0.25, 0.3) is 5.69 Å². The quantitative estimate of drug-likeness (QED) is 0.411. The van der Waals surface area contributed by atoms with Crippen LogP contribution in [0.1, 0.15) is 48.9 Å². The van der Waals surface area contributed by atoms with Crippen molar-refractivity contribution in [2.24, 2.45) is 5.92 Å². The average Bonchev–Trinajstić information content (AvgIpc) is 2.93. The van der Waals surface area contributed by atoms with Crippen LogP contribution in [0.2, 0.25) is 5.02 Å². The minimum absolute atomic E-state index is 0.0358. The Kier molecular flexibility index (Phi) is 8.53. The van der Waals surface area contributed by atoms with Crippen LogP contribution >= 0.6 is 11.6 Å². The van der Waals surface area contributed by atoms with Crippen LogP contribution in [0.15, 0.2) is 35.4 Å². The molecular weight excluding hydrogens is 432 g/mol. The van der Waals surface area contributed by atoms with E-state index in [2.05, 4.69) is 5.32 Å². The molecule has 0 spiro atoms. The number of rotatable bonds is 8. The summed E-state index contributed by atoms with van der Waals surface area (Å²) in [5.74, 6) is -0.434. The third-order valence-corrected chi connectivity index (χ3v) is 6.26. The first-order chi connectivity index (χ1) is 15.3. The number of imidazole rings is 1. The van der Waals surface area contributed by atoms with Gasteiger partial charge in [-0.2, -0.15) is 0 Å². The van der Waals surface area contributed by atoms with Crippen molar-refractivity contribution in [2.45, 2.75) is 57.4 Å². The maximum absolute atomic E-state index is 12.8. The summed E-state index contributed by atoms with van der Waals surface area (Å²) in [4.78, 5) is 27.5. The Labute approximate surface area is 193 Å². The molecule has 0 saturated heterocycles. The number of carbonyl (C=O) groups is 1. The van der Waals surface area contributed by atoms with Gasteiger partial charge in [-0.1, -0.05) is 37.3 Å². The molecule has 176 valence electrons. The Hall–Kier alpha value is -2.13. The zero-order chi connectivity index (χ0) is 23.3. The van der Waals surface area contributed by atoms with Gasteiger partial charge >= 0.3 is 5.69 Å². The van der Waals surface area contributed by atoms with Crippen molar-refractivity contribution in [3.63, 3.8) is 0 Å². The summed E-state index contributed by atoms with van der Waals surface area (Å²) >= 11 is 6.26. The summed E-state index contributed by atoms with van der Waals surface area (Å²) in [6, 6.07) is 4.76. The summed E-state index contributed by atoms with van der Waals surface area (Å²) in [7, 11) is 3.70. The van der Waals surface area contributed by atoms with Crippen LogP contribution in [0.4, 0.5) is 0 Å². The molecule has 1 aromatic carbocycles. The van der Waals surface area contributed by atoms with Crippen LogP contribution in [0.5, 0.6) is 0 Å². The van der Waals surface area contributed by atoms with E-state index >= 15 is 0 Å². The van der Waals surface area contributed by atoms with Crippen molar-refractivity contribution in [3.8, 4) is 5.69 Å². The lowest BCUT2D eigenvalue weighted by molar-refractivity contribution is 0.0532. The topological polar surface area (TPSA) is 99.7 Å². The van der Waals surface area contributed by atoms with Gasteiger partial charge in [0.05, 0.1) is 28.9 Å². The molecule has 0 aliphatic heterocycles. The molecule has 1 fully saturated rings. The van der Waals surface area contributed by atoms with E-state index in [4.69, 9.17) is 11.6 Å². The molecule has 0 radical (unpaired) electrons. The van der Waals surface area contributed by atoms with Gasteiger partial charge in [-0.3, -0.25) is 13.9 Å². The zero-order valence-electron chi connectivity index (χ0n) is 18.7. The van der Waals surface area contributed by atoms with Crippen LogP contribution in [-0.2, 0) is 6.54 Å². The molecule has 0 bridgehead atoms. The van der Waals surface area contributed by atoms with E-state index < -0.39 is 18.2 Å². The molecule has 3 rings (SSSR count). The van der Waals surface area contributed by atoms with Crippen LogP contribution < -0.4 is 11.0 Å². The van der Waals surface area contributed by atoms with Crippen LogP contribution in [-0.4, -0.2) is 63.1 Å². The molecule has 1 aliphatic rings. The predicted octanol–water partition coefficient (Wildman–Crippen LogP) is 2.23. The number of nitrogens with zero attached hydrogens (tertiary/aromatic N) is 3. The van der Waals surface area contributed by atoms with Gasteiger partial charge in [-0.15, -0.1) is 0 Å². The summed E-state index contributed by atoms with van der Waals surface area (Å²) in [6.45, 7) is 0.602. The Balaban J connectivity index is 1.75. The summed E-state index contributed by atoms with van der Waals surface area (Å²) in [5.41, 5.74) is 0.355. The van der Waals surface area contributed by atoms with Crippen molar-refractivity contribution in [1.82, 2.24) is 19.4 Å². The first-order valence-corrected chi connectivity index (χ1v) is 11.5. The highest BCUT2D eigenvalue weighted by Crippen LogP contribution is 2.25. The second-order valence-electron chi connectivity index (χ2n) is 8.85. The largest absolute Gasteiger partial charge is 0.390 e. The number of amides is 1. The standard InChI is InChI=1S/C23H33ClN4O4/c1-26(2)14-18(29)15-27-11-12-28(23(27)32)17-9-10-20(24)19(13-17)22(31)25-21(30)16-7-5-3-4-6-8-16/h9-13,16,18,21,29-30H,3-8,14-15H2,1-2H3,(H,25,31). The highest BCUT2D eigenvalue weighted by atomic mass is 35.5. The molecule has 8 nitrogen and oxygen atoms in total. The van der Waals surface area contributed by atoms with Gasteiger partial charge in [0.2, 0.25) is 0 Å². The number of aromatic nitrogens is 2. The van der Waals surface area contributed by atoms with E-state index in [-0.39, 0.29) is 28.7 Å². The zero-order valence-corrected chi connectivity index (χ0v) is 19.5. The van der Waals surface area contributed by atoms with Crippen molar-refractivity contribution >= 4 is 17.5 Å². The molecule has 9 heteroatoms. The van der Waals surface area contributed by atoms with Gasteiger partial charge in [0.1, 0.15) is 6.23 Å². The van der Waals surface area contributed by atoms with E-state index in [1.165, 1.54) is 9.13 Å². The third kappa shape index (κ3) is 6.22. The minimum atomic E-state index is -0.928. The molecule has 1 amide bonds. The molecule has 2 aromatic rings. The summed E-state index contributed by atoms with van der Waals surface area (Å²) in [6.07, 6.45) is 7.78. The number of nitrogens with one attached hydrogen (secondary N) is 1. The number of benzene rings is 1. The van der Waals surface area contributed by atoms with E-state index in [1.54, 1.807) is 30.6 Å². The summed E-state index contributed by atoms with van der Waals surface area (Å²) in [5, 5.41) is 23.6. The molecule has 1 aliphatic carbocycles. The van der Waals surface area contributed by atoms with Crippen LogP contribution in [0.3, 0.4) is 0 Å². The lowest BCUT2D eigenvalue weighted by Crippen LogP contribution is -2.40. The highest BCUT2D eigenvalue weighted by Gasteiger charge is 2.24. The van der Waals surface area contributed by atoms with E-state index in [0.29, 0.717) is 12.2 Å². The Morgan fingerprint density at radius 3 is 2.53 bits per heavy atom. The Morgan fingerprint density at radius 1 is 1.19 bits per heavy atom. The maximum Gasteiger partial charge on any atom is 0.332 e. The molecule has 3 N–H and O–H groups in total. The number of halogens is 1. The fourth-order valence-corrected chi connectivity index (χ4v) is 4.45. The highest BCUT2D eigenvalue weighted by molar-refractivity contribution is 6.33. The first kappa shape index (κ1) is 24.5.